The first kappa shape index (κ1) is 20.5. The quantitative estimate of drug-likeness (QED) is 0.176. The van der Waals surface area contributed by atoms with Crippen LogP contribution < -0.4 is 15.9 Å². The van der Waals surface area contributed by atoms with E-state index in [9.17, 15) is 9.59 Å². The first-order chi connectivity index (χ1) is 16.6. The van der Waals surface area contributed by atoms with Crippen molar-refractivity contribution >= 4 is 43.5 Å². The van der Waals surface area contributed by atoms with E-state index in [2.05, 4.69) is 30.1 Å². The smallest absolute Gasteiger partial charge is 0.258 e. The fourth-order valence-corrected chi connectivity index (χ4v) is 4.80. The maximum Gasteiger partial charge on any atom is 0.258 e. The second-order valence-corrected chi connectivity index (χ2v) is 8.70. The highest BCUT2D eigenvalue weighted by molar-refractivity contribution is 6.26. The van der Waals surface area contributed by atoms with Gasteiger partial charge in [0.05, 0.1) is 6.61 Å². The minimum atomic E-state index is -0.377. The highest BCUT2D eigenvalue weighted by atomic mass is 16.5. The molecule has 0 fully saturated rings. The van der Waals surface area contributed by atoms with Gasteiger partial charge in [-0.1, -0.05) is 44.0 Å². The Kier molecular flexibility index (Phi) is 4.84. The maximum absolute atomic E-state index is 12.4. The van der Waals surface area contributed by atoms with E-state index in [1.807, 2.05) is 30.3 Å². The lowest BCUT2D eigenvalue weighted by atomic mass is 9.95. The number of aromatic nitrogens is 1. The molecule has 0 spiro atoms. The molecule has 0 aliphatic carbocycles. The van der Waals surface area contributed by atoms with Gasteiger partial charge < -0.3 is 9.15 Å². The molecule has 0 atom stereocenters. The molecule has 5 heteroatoms. The predicted molar refractivity (Wildman–Crippen MR) is 137 cm³/mol. The number of aromatic amines is 1. The van der Waals surface area contributed by atoms with Crippen molar-refractivity contribution in [1.82, 2.24) is 4.98 Å². The van der Waals surface area contributed by atoms with Crippen LogP contribution in [0.4, 0.5) is 0 Å². The Morgan fingerprint density at radius 1 is 0.706 bits per heavy atom. The number of hydrogen-bond acceptors (Lipinski definition) is 4. The van der Waals surface area contributed by atoms with Crippen molar-refractivity contribution in [3.63, 3.8) is 0 Å². The minimum absolute atomic E-state index is 0.377. The van der Waals surface area contributed by atoms with E-state index in [0.717, 1.165) is 51.6 Å². The zero-order valence-corrected chi connectivity index (χ0v) is 18.8. The molecular formula is C29H23NO4. The summed E-state index contributed by atoms with van der Waals surface area (Å²) in [6.07, 6.45) is 3.41. The summed E-state index contributed by atoms with van der Waals surface area (Å²) >= 11 is 0. The summed E-state index contributed by atoms with van der Waals surface area (Å²) in [6.45, 7) is 2.91. The van der Waals surface area contributed by atoms with Crippen molar-refractivity contribution in [2.75, 3.05) is 6.61 Å². The number of unbranched alkanes of at least 4 members (excludes halogenated alkanes) is 2. The van der Waals surface area contributed by atoms with E-state index in [-0.39, 0.29) is 11.1 Å². The Balaban J connectivity index is 1.49. The van der Waals surface area contributed by atoms with Crippen molar-refractivity contribution in [2.24, 2.45) is 0 Å². The summed E-state index contributed by atoms with van der Waals surface area (Å²) in [4.78, 5) is 27.3. The van der Waals surface area contributed by atoms with Gasteiger partial charge in [-0.3, -0.25) is 14.6 Å². The second kappa shape index (κ2) is 8.03. The van der Waals surface area contributed by atoms with Gasteiger partial charge in [0.15, 0.2) is 0 Å². The Morgan fingerprint density at radius 2 is 1.38 bits per heavy atom. The third-order valence-corrected chi connectivity index (χ3v) is 6.53. The second-order valence-electron chi connectivity index (χ2n) is 8.70. The van der Waals surface area contributed by atoms with Crippen LogP contribution in [0.5, 0.6) is 5.75 Å². The molecule has 168 valence electrons. The molecule has 2 aromatic heterocycles. The zero-order valence-electron chi connectivity index (χ0n) is 18.8. The predicted octanol–water partition coefficient (Wildman–Crippen LogP) is 6.61. The van der Waals surface area contributed by atoms with Crippen molar-refractivity contribution < 1.29 is 9.15 Å². The molecule has 6 aromatic rings. The molecule has 0 radical (unpaired) electrons. The lowest BCUT2D eigenvalue weighted by Crippen LogP contribution is -2.19. The van der Waals surface area contributed by atoms with Gasteiger partial charge in [-0.15, -0.1) is 0 Å². The average molecular weight is 450 g/mol. The van der Waals surface area contributed by atoms with Gasteiger partial charge in [0, 0.05) is 26.9 Å². The fourth-order valence-electron chi connectivity index (χ4n) is 4.80. The number of hydrogen-bond donors (Lipinski definition) is 1. The molecule has 0 amide bonds. The Hall–Kier alpha value is -4.12. The summed E-state index contributed by atoms with van der Waals surface area (Å²) in [5.74, 6) is 0.873. The zero-order chi connectivity index (χ0) is 23.2. The van der Waals surface area contributed by atoms with E-state index >= 15 is 0 Å². The van der Waals surface area contributed by atoms with Gasteiger partial charge in [-0.25, -0.2) is 0 Å². The monoisotopic (exact) mass is 449 g/mol. The number of rotatable bonds is 6. The van der Waals surface area contributed by atoms with Crippen LogP contribution in [-0.2, 0) is 0 Å². The minimum Gasteiger partial charge on any atom is -0.494 e. The number of fused-ring (bicyclic) bond motifs is 2. The molecule has 0 bridgehead atoms. The molecule has 6 rings (SSSR count). The highest BCUT2D eigenvalue weighted by Gasteiger charge is 2.16. The summed E-state index contributed by atoms with van der Waals surface area (Å²) < 4.78 is 12.1. The topological polar surface area (TPSA) is 72.3 Å². The third kappa shape index (κ3) is 3.24. The molecule has 34 heavy (non-hydrogen) atoms. The average Bonchev–Trinajstić information content (AvgIpc) is 2.86. The Morgan fingerprint density at radius 3 is 2.15 bits per heavy atom. The fraction of sp³-hybridized carbons (Fsp3) is 0.172. The molecular weight excluding hydrogens is 426 g/mol. The van der Waals surface area contributed by atoms with Crippen molar-refractivity contribution in [3.8, 4) is 16.9 Å². The summed E-state index contributed by atoms with van der Waals surface area (Å²) in [7, 11) is 0. The molecule has 0 aliphatic heterocycles. The van der Waals surface area contributed by atoms with Crippen molar-refractivity contribution in [3.05, 3.63) is 87.4 Å². The summed E-state index contributed by atoms with van der Waals surface area (Å²) in [5.41, 5.74) is 2.78. The lowest BCUT2D eigenvalue weighted by Gasteiger charge is -2.12. The summed E-state index contributed by atoms with van der Waals surface area (Å²) in [6, 6.07) is 21.5. The van der Waals surface area contributed by atoms with Gasteiger partial charge in [-0.05, 0) is 65.4 Å². The van der Waals surface area contributed by atoms with E-state index < -0.39 is 0 Å². The van der Waals surface area contributed by atoms with E-state index in [4.69, 9.17) is 9.15 Å². The number of ether oxygens (including phenoxy) is 1. The van der Waals surface area contributed by atoms with Crippen LogP contribution >= 0.6 is 0 Å². The van der Waals surface area contributed by atoms with Crippen LogP contribution in [-0.4, -0.2) is 11.6 Å². The molecule has 1 N–H and O–H groups in total. The Labute approximate surface area is 194 Å². The SMILES string of the molecule is CCCCCOc1ccc(-c2ccc3oc4ccc5c(=O)[nH]c(=O)c6ccc(c3c2)c4c56)cc1. The molecule has 2 heterocycles. The van der Waals surface area contributed by atoms with Gasteiger partial charge in [0.1, 0.15) is 16.9 Å². The normalized spacial score (nSPS) is 11.8. The van der Waals surface area contributed by atoms with Gasteiger partial charge in [-0.2, -0.15) is 0 Å². The van der Waals surface area contributed by atoms with Crippen LogP contribution in [0.1, 0.15) is 26.2 Å². The van der Waals surface area contributed by atoms with Crippen molar-refractivity contribution in [2.45, 2.75) is 26.2 Å². The number of H-pyrrole nitrogens is 1. The van der Waals surface area contributed by atoms with E-state index in [1.165, 1.54) is 12.8 Å². The Bertz CT molecular complexity index is 1750. The van der Waals surface area contributed by atoms with Crippen LogP contribution in [0.15, 0.2) is 80.7 Å². The van der Waals surface area contributed by atoms with Crippen molar-refractivity contribution in [1.29, 1.82) is 0 Å². The summed E-state index contributed by atoms with van der Waals surface area (Å²) in [5, 5.41) is 4.34. The molecule has 0 saturated heterocycles. The maximum atomic E-state index is 12.4. The number of nitrogens with one attached hydrogen (secondary N) is 1. The van der Waals surface area contributed by atoms with Crippen LogP contribution in [0.2, 0.25) is 0 Å². The molecule has 5 nitrogen and oxygen atoms in total. The standard InChI is InChI=1S/C29H23NO4/c1-2-3-4-15-33-19-8-5-17(6-9-19)18-7-13-24-23(16-18)20-10-11-21-26-22(29(32)30-28(21)31)12-14-25(34-24)27(20)26/h5-14,16H,2-4,15H2,1H3,(H,30,31,32). The van der Waals surface area contributed by atoms with E-state index in [0.29, 0.717) is 21.7 Å². The van der Waals surface area contributed by atoms with Crippen LogP contribution in [0.25, 0.3) is 54.6 Å². The van der Waals surface area contributed by atoms with Gasteiger partial charge >= 0.3 is 0 Å². The van der Waals surface area contributed by atoms with E-state index in [1.54, 1.807) is 18.2 Å². The molecule has 0 unspecified atom stereocenters. The largest absolute Gasteiger partial charge is 0.494 e. The molecule has 0 aliphatic rings. The number of benzene rings is 4. The lowest BCUT2D eigenvalue weighted by molar-refractivity contribution is 0.306. The number of pyridine rings is 1. The molecule has 4 aromatic carbocycles. The van der Waals surface area contributed by atoms with Crippen LogP contribution in [0, 0.1) is 0 Å². The molecule has 0 saturated carbocycles. The third-order valence-electron chi connectivity index (χ3n) is 6.53. The van der Waals surface area contributed by atoms with Crippen LogP contribution in [0.3, 0.4) is 0 Å². The van der Waals surface area contributed by atoms with Gasteiger partial charge in [0.25, 0.3) is 11.1 Å². The highest BCUT2D eigenvalue weighted by Crippen LogP contribution is 2.38. The first-order valence-electron chi connectivity index (χ1n) is 11.6. The van der Waals surface area contributed by atoms with Gasteiger partial charge in [0.2, 0.25) is 0 Å². The first-order valence-corrected chi connectivity index (χ1v) is 11.6.